The van der Waals surface area contributed by atoms with Gasteiger partial charge in [-0.25, -0.2) is 0 Å². The van der Waals surface area contributed by atoms with Crippen molar-refractivity contribution in [1.82, 2.24) is 0 Å². The van der Waals surface area contributed by atoms with E-state index in [9.17, 15) is 41.7 Å². The first-order chi connectivity index (χ1) is 17.3. The fraction of sp³-hybridized carbons (Fsp3) is 0.917. The predicted octanol–water partition coefficient (Wildman–Crippen LogP) is 6.31. The lowest BCUT2D eigenvalue weighted by molar-refractivity contribution is -0.347. The Bertz CT molecular complexity index is 860. The van der Waals surface area contributed by atoms with Crippen molar-refractivity contribution in [3.05, 3.63) is 12.2 Å². The number of allylic oxidation sites excluding steroid dienone is 1. The normalized spacial score (nSPS) is 35.1. The molecule has 9 heteroatoms. The van der Waals surface area contributed by atoms with Gasteiger partial charge in [0.1, 0.15) is 0 Å². The van der Waals surface area contributed by atoms with Crippen LogP contribution in [0.5, 0.6) is 0 Å². The molecule has 3 N–H and O–H groups in total. The molecule has 3 nitrogen and oxygen atoms in total. The Morgan fingerprint density at radius 1 is 1.00 bits per heavy atom. The van der Waals surface area contributed by atoms with E-state index < -0.39 is 60.6 Å². The summed E-state index contributed by atoms with van der Waals surface area (Å²) in [6, 6.07) is 0. The van der Waals surface area contributed by atoms with E-state index in [0.29, 0.717) is 38.2 Å². The summed E-state index contributed by atoms with van der Waals surface area (Å²) in [5, 5.41) is 30.8. The molecule has 0 aromatic rings. The SMILES string of the molecule is [2H]C([2H])([2H])C(O)(CCCC(C)(C/C=C/C(O)(C(F)(F)F)C(F)(F)F)[C@H]1CCC2[C@@H](O)CCC[C@@]21C)C([2H])([2H])[2H]. The van der Waals surface area contributed by atoms with Gasteiger partial charge < -0.3 is 15.3 Å². The standard InChI is InChI=1S/C24H38F6O3/c1-19(2,32)11-6-12-20(3,13-7-15-22(33,23(25,26)27)24(28,29)30)18-10-9-16-17(31)8-5-14-21(16,18)4/h7,15-18,31-33H,5-6,8-14H2,1-4H3/b15-7+/t16?,17-,18+,20?,21-/m0/s1/i1D3,2D3. The Morgan fingerprint density at radius 2 is 1.61 bits per heavy atom. The molecule has 2 unspecified atom stereocenters. The van der Waals surface area contributed by atoms with E-state index in [-0.39, 0.29) is 37.2 Å². The summed E-state index contributed by atoms with van der Waals surface area (Å²) >= 11 is 0. The van der Waals surface area contributed by atoms with E-state index in [1.165, 1.54) is 0 Å². The highest BCUT2D eigenvalue weighted by molar-refractivity contribution is 5.13. The molecule has 2 aliphatic carbocycles. The topological polar surface area (TPSA) is 60.7 Å². The smallest absolute Gasteiger partial charge is 0.393 e. The number of rotatable bonds is 8. The minimum absolute atomic E-state index is 0.0225. The third-order valence-electron chi connectivity index (χ3n) is 8.02. The zero-order valence-electron chi connectivity index (χ0n) is 24.9. The average molecular weight is 495 g/mol. The summed E-state index contributed by atoms with van der Waals surface area (Å²) in [6.45, 7) is -3.01. The Labute approximate surface area is 200 Å². The van der Waals surface area contributed by atoms with Crippen LogP contribution in [0.15, 0.2) is 12.2 Å². The number of aliphatic hydroxyl groups excluding tert-OH is 1. The Balaban J connectivity index is 2.45. The van der Waals surface area contributed by atoms with E-state index >= 15 is 0 Å². The van der Waals surface area contributed by atoms with Crippen molar-refractivity contribution < 1.29 is 49.9 Å². The van der Waals surface area contributed by atoms with Crippen LogP contribution in [0.3, 0.4) is 0 Å². The Kier molecular flexibility index (Phi) is 5.77. The predicted molar refractivity (Wildman–Crippen MR) is 113 cm³/mol. The number of alkyl halides is 6. The first-order valence-corrected chi connectivity index (χ1v) is 11.2. The molecule has 0 heterocycles. The van der Waals surface area contributed by atoms with Gasteiger partial charge in [-0.3, -0.25) is 0 Å². The average Bonchev–Trinajstić information content (AvgIpc) is 3.09. The van der Waals surface area contributed by atoms with E-state index in [2.05, 4.69) is 0 Å². The molecule has 2 rings (SSSR count). The van der Waals surface area contributed by atoms with Crippen LogP contribution in [0, 0.1) is 22.7 Å². The van der Waals surface area contributed by atoms with Gasteiger partial charge in [0.15, 0.2) is 0 Å². The largest absolute Gasteiger partial charge is 0.429 e. The first kappa shape index (κ1) is 20.4. The van der Waals surface area contributed by atoms with Gasteiger partial charge in [0.25, 0.3) is 5.60 Å². The van der Waals surface area contributed by atoms with Gasteiger partial charge in [-0.05, 0) is 87.4 Å². The highest BCUT2D eigenvalue weighted by atomic mass is 19.4. The second kappa shape index (κ2) is 9.34. The minimum atomic E-state index is -6.04. The number of hydrogen-bond donors (Lipinski definition) is 3. The molecule has 0 bridgehead atoms. The molecule has 0 saturated heterocycles. The minimum Gasteiger partial charge on any atom is -0.393 e. The molecule has 5 atom stereocenters. The van der Waals surface area contributed by atoms with E-state index in [1.54, 1.807) is 6.92 Å². The molecule has 0 amide bonds. The summed E-state index contributed by atoms with van der Waals surface area (Å²) < 4.78 is 125. The van der Waals surface area contributed by atoms with Crippen molar-refractivity contribution in [2.45, 2.75) is 115 Å². The maximum atomic E-state index is 13.2. The van der Waals surface area contributed by atoms with Gasteiger partial charge in [0.2, 0.25) is 0 Å². The van der Waals surface area contributed by atoms with Crippen LogP contribution < -0.4 is 0 Å². The lowest BCUT2D eigenvalue weighted by atomic mass is 9.56. The fourth-order valence-corrected chi connectivity index (χ4v) is 6.31. The molecular formula is C24H38F6O3. The molecular weight excluding hydrogens is 450 g/mol. The third-order valence-corrected chi connectivity index (χ3v) is 8.02. The number of aliphatic hydroxyl groups is 3. The van der Waals surface area contributed by atoms with Crippen molar-refractivity contribution >= 4 is 0 Å². The third kappa shape index (κ3) is 5.89. The van der Waals surface area contributed by atoms with Crippen molar-refractivity contribution in [3.63, 3.8) is 0 Å². The van der Waals surface area contributed by atoms with Crippen molar-refractivity contribution in [2.24, 2.45) is 22.7 Å². The number of fused-ring (bicyclic) bond motifs is 1. The van der Waals surface area contributed by atoms with Gasteiger partial charge >= 0.3 is 12.4 Å². The number of hydrogen-bond acceptors (Lipinski definition) is 3. The molecule has 0 spiro atoms. The van der Waals surface area contributed by atoms with E-state index in [1.807, 2.05) is 6.92 Å². The lowest BCUT2D eigenvalue weighted by Crippen LogP contribution is -2.55. The van der Waals surface area contributed by atoms with Crippen LogP contribution in [0.4, 0.5) is 26.3 Å². The van der Waals surface area contributed by atoms with Gasteiger partial charge in [-0.15, -0.1) is 0 Å². The van der Waals surface area contributed by atoms with Crippen molar-refractivity contribution in [2.75, 3.05) is 0 Å². The zero-order valence-corrected chi connectivity index (χ0v) is 18.9. The van der Waals surface area contributed by atoms with Crippen molar-refractivity contribution in [1.29, 1.82) is 0 Å². The highest BCUT2D eigenvalue weighted by Crippen LogP contribution is 2.62. The second-order valence-corrected chi connectivity index (χ2v) is 10.4. The maximum Gasteiger partial charge on any atom is 0.429 e. The molecule has 2 saturated carbocycles. The summed E-state index contributed by atoms with van der Waals surface area (Å²) in [7, 11) is 0. The molecule has 0 aromatic heterocycles. The first-order valence-electron chi connectivity index (χ1n) is 14.2. The Morgan fingerprint density at radius 3 is 2.15 bits per heavy atom. The van der Waals surface area contributed by atoms with Crippen LogP contribution in [0.2, 0.25) is 0 Å². The molecule has 2 fully saturated rings. The Hall–Kier alpha value is -0.800. The molecule has 0 aliphatic heterocycles. The van der Waals surface area contributed by atoms with E-state index in [4.69, 9.17) is 8.22 Å². The van der Waals surface area contributed by atoms with Gasteiger partial charge in [0, 0.05) is 8.22 Å². The highest BCUT2D eigenvalue weighted by Gasteiger charge is 2.69. The number of halogens is 6. The molecule has 194 valence electrons. The quantitative estimate of drug-likeness (QED) is 0.274. The molecule has 2 aliphatic rings. The molecule has 0 radical (unpaired) electrons. The van der Waals surface area contributed by atoms with Crippen LogP contribution >= 0.6 is 0 Å². The zero-order chi connectivity index (χ0) is 30.5. The molecule has 33 heavy (non-hydrogen) atoms. The van der Waals surface area contributed by atoms with Crippen LogP contribution in [0.1, 0.15) is 93.6 Å². The summed E-state index contributed by atoms with van der Waals surface area (Å²) in [4.78, 5) is 0. The summed E-state index contributed by atoms with van der Waals surface area (Å²) in [6.07, 6.45) is -10.7. The molecule has 0 aromatic carbocycles. The van der Waals surface area contributed by atoms with E-state index in [0.717, 1.165) is 0 Å². The monoisotopic (exact) mass is 494 g/mol. The maximum absolute atomic E-state index is 13.2. The van der Waals surface area contributed by atoms with Crippen molar-refractivity contribution in [3.8, 4) is 0 Å². The fourth-order valence-electron chi connectivity index (χ4n) is 6.31. The van der Waals surface area contributed by atoms with Crippen LogP contribution in [-0.4, -0.2) is 45.0 Å². The van der Waals surface area contributed by atoms with Crippen LogP contribution in [-0.2, 0) is 0 Å². The van der Waals surface area contributed by atoms with Gasteiger partial charge in [0.05, 0.1) is 11.7 Å². The summed E-state index contributed by atoms with van der Waals surface area (Å²) in [5.74, 6) is -0.475. The lowest BCUT2D eigenvalue weighted by Gasteiger charge is -2.50. The van der Waals surface area contributed by atoms with Gasteiger partial charge in [-0.2, -0.15) is 26.3 Å². The van der Waals surface area contributed by atoms with Gasteiger partial charge in [-0.1, -0.05) is 32.8 Å². The second-order valence-electron chi connectivity index (χ2n) is 10.4. The summed E-state index contributed by atoms with van der Waals surface area (Å²) in [5.41, 5.74) is -9.73. The van der Waals surface area contributed by atoms with Crippen LogP contribution in [0.25, 0.3) is 0 Å².